The number of fused-ring (bicyclic) bond motifs is 1. The van der Waals surface area contributed by atoms with Crippen LogP contribution in [0.3, 0.4) is 0 Å². The predicted molar refractivity (Wildman–Crippen MR) is 119 cm³/mol. The molecule has 0 aliphatic carbocycles. The van der Waals surface area contributed by atoms with Gasteiger partial charge in [-0.25, -0.2) is 9.37 Å². The summed E-state index contributed by atoms with van der Waals surface area (Å²) in [4.78, 5) is 15.5. The molecular weight excluding hydrogens is 411 g/mol. The molecule has 1 aromatic heterocycles. The average Bonchev–Trinajstić information content (AvgIpc) is 3.20. The summed E-state index contributed by atoms with van der Waals surface area (Å²) in [5.41, 5.74) is 2.62. The van der Waals surface area contributed by atoms with Crippen molar-refractivity contribution in [2.45, 2.75) is 26.5 Å². The van der Waals surface area contributed by atoms with Gasteiger partial charge in [0.1, 0.15) is 24.5 Å². The van der Waals surface area contributed by atoms with Crippen molar-refractivity contribution in [1.29, 1.82) is 0 Å². The highest BCUT2D eigenvalue weighted by atomic mass is 19.1. The van der Waals surface area contributed by atoms with Gasteiger partial charge in [0.25, 0.3) is 0 Å². The second-order valence-electron chi connectivity index (χ2n) is 7.48. The highest BCUT2D eigenvalue weighted by molar-refractivity contribution is 5.77. The minimum Gasteiger partial charge on any atom is -0.491 e. The highest BCUT2D eigenvalue weighted by Gasteiger charge is 2.13. The molecule has 0 spiro atoms. The van der Waals surface area contributed by atoms with Crippen molar-refractivity contribution in [3.63, 3.8) is 0 Å². The van der Waals surface area contributed by atoms with Gasteiger partial charge < -0.3 is 19.2 Å². The lowest BCUT2D eigenvalue weighted by Crippen LogP contribution is -2.35. The van der Waals surface area contributed by atoms with Crippen molar-refractivity contribution in [2.75, 3.05) is 6.61 Å². The molecule has 0 saturated carbocycles. The number of carbonyl (C=O) groups excluding carboxylic acids is 1. The van der Waals surface area contributed by atoms with Gasteiger partial charge in [-0.15, -0.1) is 0 Å². The summed E-state index contributed by atoms with van der Waals surface area (Å²) < 4.78 is 31.7. The number of benzene rings is 3. The first-order valence-corrected chi connectivity index (χ1v) is 10.2. The Labute approximate surface area is 185 Å². The zero-order valence-electron chi connectivity index (χ0n) is 17.8. The second kappa shape index (κ2) is 9.51. The van der Waals surface area contributed by atoms with Crippen molar-refractivity contribution in [3.05, 3.63) is 78.1 Å². The summed E-state index contributed by atoms with van der Waals surface area (Å²) in [5, 5.41) is 2.76. The van der Waals surface area contributed by atoms with Gasteiger partial charge >= 0.3 is 0 Å². The van der Waals surface area contributed by atoms with Crippen LogP contribution in [0.15, 0.2) is 71.1 Å². The maximum absolute atomic E-state index is 14.6. The summed E-state index contributed by atoms with van der Waals surface area (Å²) in [5.74, 6) is 0.458. The Morgan fingerprint density at radius 1 is 1.09 bits per heavy atom. The second-order valence-corrected chi connectivity index (χ2v) is 7.48. The van der Waals surface area contributed by atoms with Crippen molar-refractivity contribution < 1.29 is 23.1 Å². The predicted octanol–water partition coefficient (Wildman–Crippen LogP) is 5.12. The lowest BCUT2D eigenvalue weighted by molar-refractivity contribution is -0.119. The molecule has 7 heteroatoms. The number of halogens is 1. The van der Waals surface area contributed by atoms with E-state index in [9.17, 15) is 9.18 Å². The van der Waals surface area contributed by atoms with Crippen LogP contribution in [0.1, 0.15) is 19.4 Å². The normalized spacial score (nSPS) is 11.8. The first-order valence-electron chi connectivity index (χ1n) is 10.2. The van der Waals surface area contributed by atoms with Crippen molar-refractivity contribution in [3.8, 4) is 23.0 Å². The topological polar surface area (TPSA) is 73.6 Å². The van der Waals surface area contributed by atoms with Gasteiger partial charge in [0, 0.05) is 18.6 Å². The van der Waals surface area contributed by atoms with Crippen LogP contribution in [0.25, 0.3) is 22.6 Å². The van der Waals surface area contributed by atoms with Crippen LogP contribution in [0, 0.1) is 5.82 Å². The first kappa shape index (κ1) is 21.4. The number of nitrogens with one attached hydrogen (secondary N) is 1. The molecule has 32 heavy (non-hydrogen) atoms. The smallest absolute Gasteiger partial charge is 0.227 e. The molecule has 1 amide bonds. The number of hydrogen-bond acceptors (Lipinski definition) is 5. The molecule has 0 bridgehead atoms. The molecule has 3 aromatic carbocycles. The molecule has 4 rings (SSSR count). The van der Waals surface area contributed by atoms with Gasteiger partial charge in [0.2, 0.25) is 11.8 Å². The number of ether oxygens (including phenoxy) is 2. The Bertz CT molecular complexity index is 1220. The number of aromatic nitrogens is 1. The fourth-order valence-electron chi connectivity index (χ4n) is 3.21. The molecular formula is C25H23FN2O4. The number of amides is 1. The Balaban J connectivity index is 1.46. The molecule has 4 aromatic rings. The third-order valence-electron chi connectivity index (χ3n) is 4.73. The number of carbonyl (C=O) groups is 1. The molecule has 0 aliphatic rings. The Hall–Kier alpha value is -3.87. The molecule has 0 unspecified atom stereocenters. The molecule has 0 aliphatic heterocycles. The number of hydrogen-bond donors (Lipinski definition) is 1. The molecule has 0 saturated heterocycles. The zero-order valence-corrected chi connectivity index (χ0v) is 17.8. The van der Waals surface area contributed by atoms with E-state index in [0.717, 1.165) is 5.56 Å². The standard InChI is InChI=1S/C25H23FN2O4/c1-16(27-17(2)29)14-30-20-9-10-22-24(13-20)32-25(28-22)19-8-11-23(21(26)12-19)31-15-18-6-4-3-5-7-18/h3-13,16H,14-15H2,1-2H3,(H,27,29)/t16-/m0/s1. The fraction of sp³-hybridized carbons (Fsp3) is 0.200. The van der Waals surface area contributed by atoms with Crippen LogP contribution >= 0.6 is 0 Å². The summed E-state index contributed by atoms with van der Waals surface area (Å²) >= 11 is 0. The first-order chi connectivity index (χ1) is 15.5. The molecule has 6 nitrogen and oxygen atoms in total. The van der Waals surface area contributed by atoms with Crippen molar-refractivity contribution in [2.24, 2.45) is 0 Å². The van der Waals surface area contributed by atoms with Gasteiger partial charge in [-0.1, -0.05) is 30.3 Å². The fourth-order valence-corrected chi connectivity index (χ4v) is 3.21. The molecule has 0 radical (unpaired) electrons. The maximum atomic E-state index is 14.6. The Morgan fingerprint density at radius 2 is 1.91 bits per heavy atom. The van der Waals surface area contributed by atoms with Gasteiger partial charge in [-0.05, 0) is 42.8 Å². The zero-order chi connectivity index (χ0) is 22.5. The third-order valence-corrected chi connectivity index (χ3v) is 4.73. The van der Waals surface area contributed by atoms with E-state index in [1.165, 1.54) is 13.0 Å². The van der Waals surface area contributed by atoms with Gasteiger partial charge in [-0.3, -0.25) is 4.79 Å². The van der Waals surface area contributed by atoms with Crippen molar-refractivity contribution in [1.82, 2.24) is 10.3 Å². The van der Waals surface area contributed by atoms with Crippen molar-refractivity contribution >= 4 is 17.0 Å². The maximum Gasteiger partial charge on any atom is 0.227 e. The van der Waals surface area contributed by atoms with Crippen LogP contribution in [-0.4, -0.2) is 23.5 Å². The number of nitrogens with zero attached hydrogens (tertiary/aromatic N) is 1. The summed E-state index contributed by atoms with van der Waals surface area (Å²) in [6.07, 6.45) is 0. The summed E-state index contributed by atoms with van der Waals surface area (Å²) in [6, 6.07) is 19.3. The van der Waals surface area contributed by atoms with E-state index < -0.39 is 5.82 Å². The summed E-state index contributed by atoms with van der Waals surface area (Å²) in [6.45, 7) is 3.92. The van der Waals surface area contributed by atoms with Gasteiger partial charge in [0.15, 0.2) is 17.1 Å². The lowest BCUT2D eigenvalue weighted by Gasteiger charge is -2.13. The van der Waals surface area contributed by atoms with Gasteiger partial charge in [0.05, 0.1) is 6.04 Å². The SMILES string of the molecule is CC(=O)N[C@@H](C)COc1ccc2nc(-c3ccc(OCc4ccccc4)c(F)c3)oc2c1. The van der Waals surface area contributed by atoms with Crippen LogP contribution in [-0.2, 0) is 11.4 Å². The molecule has 1 heterocycles. The van der Waals surface area contributed by atoms with E-state index in [1.54, 1.807) is 30.3 Å². The van der Waals surface area contributed by atoms with E-state index in [1.807, 2.05) is 37.3 Å². The molecule has 0 fully saturated rings. The average molecular weight is 434 g/mol. The molecule has 164 valence electrons. The van der Waals surface area contributed by atoms with E-state index in [2.05, 4.69) is 10.3 Å². The monoisotopic (exact) mass is 434 g/mol. The molecule has 1 atom stereocenters. The largest absolute Gasteiger partial charge is 0.491 e. The van der Waals surface area contributed by atoms with E-state index in [-0.39, 0.29) is 24.3 Å². The van der Waals surface area contributed by atoms with Crippen LogP contribution in [0.2, 0.25) is 0 Å². The summed E-state index contributed by atoms with van der Waals surface area (Å²) in [7, 11) is 0. The minimum absolute atomic E-state index is 0.111. The highest BCUT2D eigenvalue weighted by Crippen LogP contribution is 2.30. The Morgan fingerprint density at radius 3 is 2.66 bits per heavy atom. The Kier molecular flexibility index (Phi) is 6.35. The van der Waals surface area contributed by atoms with E-state index >= 15 is 0 Å². The van der Waals surface area contributed by atoms with Crippen LogP contribution < -0.4 is 14.8 Å². The van der Waals surface area contributed by atoms with E-state index in [0.29, 0.717) is 34.9 Å². The van der Waals surface area contributed by atoms with Crippen LogP contribution in [0.5, 0.6) is 11.5 Å². The lowest BCUT2D eigenvalue weighted by atomic mass is 10.2. The number of oxazole rings is 1. The minimum atomic E-state index is -0.489. The molecule has 1 N–H and O–H groups in total. The number of rotatable bonds is 8. The van der Waals surface area contributed by atoms with E-state index in [4.69, 9.17) is 13.9 Å². The van der Waals surface area contributed by atoms with Gasteiger partial charge in [-0.2, -0.15) is 0 Å². The quantitative estimate of drug-likeness (QED) is 0.417. The van der Waals surface area contributed by atoms with Crippen LogP contribution in [0.4, 0.5) is 4.39 Å². The third kappa shape index (κ3) is 5.24.